The quantitative estimate of drug-likeness (QED) is 0.713. The molecule has 0 aliphatic carbocycles. The number of hydrogen-bond donors (Lipinski definition) is 0. The lowest BCUT2D eigenvalue weighted by Crippen LogP contribution is -2.03. The second kappa shape index (κ2) is 5.81. The Morgan fingerprint density at radius 3 is 2.60 bits per heavy atom. The van der Waals surface area contributed by atoms with Crippen LogP contribution in [0.1, 0.15) is 18.4 Å². The van der Waals surface area contributed by atoms with Crippen molar-refractivity contribution in [2.24, 2.45) is 0 Å². The van der Waals surface area contributed by atoms with Gasteiger partial charge in [-0.3, -0.25) is 4.79 Å². The van der Waals surface area contributed by atoms with Gasteiger partial charge in [0.05, 0.1) is 0 Å². The van der Waals surface area contributed by atoms with Gasteiger partial charge in [0.15, 0.2) is 11.6 Å². The fourth-order valence-electron chi connectivity index (χ4n) is 1.23. The van der Waals surface area contributed by atoms with Crippen molar-refractivity contribution < 1.29 is 13.6 Å². The zero-order valence-electron chi connectivity index (χ0n) is 8.10. The maximum atomic E-state index is 12.8. The van der Waals surface area contributed by atoms with Crippen LogP contribution < -0.4 is 0 Å². The van der Waals surface area contributed by atoms with Gasteiger partial charge in [-0.25, -0.2) is 8.78 Å². The van der Waals surface area contributed by atoms with E-state index in [1.54, 1.807) is 0 Å². The summed E-state index contributed by atoms with van der Waals surface area (Å²) in [7, 11) is 0. The highest BCUT2D eigenvalue weighted by atomic mass is 35.5. The zero-order chi connectivity index (χ0) is 11.3. The topological polar surface area (TPSA) is 17.1 Å². The molecule has 82 valence electrons. The minimum absolute atomic E-state index is 0.0124. The van der Waals surface area contributed by atoms with Crippen molar-refractivity contribution in [2.45, 2.75) is 19.3 Å². The monoisotopic (exact) mass is 232 g/mol. The summed E-state index contributed by atoms with van der Waals surface area (Å²) in [6.07, 6.45) is 1.13. The van der Waals surface area contributed by atoms with Crippen molar-refractivity contribution >= 4 is 17.4 Å². The second-order valence-corrected chi connectivity index (χ2v) is 3.63. The van der Waals surface area contributed by atoms with Crippen molar-refractivity contribution in [2.75, 3.05) is 5.88 Å². The van der Waals surface area contributed by atoms with E-state index >= 15 is 0 Å². The van der Waals surface area contributed by atoms with Gasteiger partial charge in [0.2, 0.25) is 0 Å². The summed E-state index contributed by atoms with van der Waals surface area (Å²) in [6.45, 7) is 0. The summed E-state index contributed by atoms with van der Waals surface area (Å²) >= 11 is 5.43. The third-order valence-corrected chi connectivity index (χ3v) is 2.24. The van der Waals surface area contributed by atoms with Crippen LogP contribution in [0.25, 0.3) is 0 Å². The summed E-state index contributed by atoms with van der Waals surface area (Å²) in [5.41, 5.74) is 0.494. The molecule has 0 atom stereocenters. The molecule has 1 nitrogen and oxygen atoms in total. The number of ketones is 1. The second-order valence-electron chi connectivity index (χ2n) is 3.26. The van der Waals surface area contributed by atoms with E-state index in [0.717, 1.165) is 12.1 Å². The van der Waals surface area contributed by atoms with Gasteiger partial charge in [-0.2, -0.15) is 0 Å². The summed E-state index contributed by atoms with van der Waals surface area (Å²) in [5.74, 6) is -1.39. The van der Waals surface area contributed by atoms with Crippen LogP contribution in [0.2, 0.25) is 0 Å². The Balaban J connectivity index is 2.57. The molecule has 0 saturated carbocycles. The minimum Gasteiger partial charge on any atom is -0.299 e. The maximum Gasteiger partial charge on any atom is 0.159 e. The molecule has 0 aliphatic rings. The van der Waals surface area contributed by atoms with Gasteiger partial charge in [0, 0.05) is 18.7 Å². The SMILES string of the molecule is O=C(CCCCl)Cc1ccc(F)c(F)c1. The van der Waals surface area contributed by atoms with Crippen LogP contribution in [0, 0.1) is 11.6 Å². The third-order valence-electron chi connectivity index (χ3n) is 1.97. The number of benzene rings is 1. The Kier molecular flexibility index (Phi) is 4.69. The van der Waals surface area contributed by atoms with Crippen molar-refractivity contribution in [1.82, 2.24) is 0 Å². The first-order valence-electron chi connectivity index (χ1n) is 4.65. The van der Waals surface area contributed by atoms with E-state index in [2.05, 4.69) is 0 Å². The zero-order valence-corrected chi connectivity index (χ0v) is 8.86. The number of alkyl halides is 1. The van der Waals surface area contributed by atoms with E-state index in [-0.39, 0.29) is 12.2 Å². The van der Waals surface area contributed by atoms with E-state index < -0.39 is 11.6 Å². The van der Waals surface area contributed by atoms with Gasteiger partial charge in [-0.15, -0.1) is 11.6 Å². The Morgan fingerprint density at radius 2 is 2.00 bits per heavy atom. The first-order valence-corrected chi connectivity index (χ1v) is 5.18. The highest BCUT2D eigenvalue weighted by molar-refractivity contribution is 6.17. The Labute approximate surface area is 92.1 Å². The molecule has 0 N–H and O–H groups in total. The standard InChI is InChI=1S/C11H11ClF2O/c12-5-1-2-9(15)6-8-3-4-10(13)11(14)7-8/h3-4,7H,1-2,5-6H2. The van der Waals surface area contributed by atoms with Crippen LogP contribution in [0.4, 0.5) is 8.78 Å². The molecule has 0 amide bonds. The molecule has 0 aromatic heterocycles. The van der Waals surface area contributed by atoms with E-state index in [4.69, 9.17) is 11.6 Å². The van der Waals surface area contributed by atoms with Gasteiger partial charge < -0.3 is 0 Å². The highest BCUT2D eigenvalue weighted by Crippen LogP contribution is 2.10. The van der Waals surface area contributed by atoms with E-state index in [0.29, 0.717) is 24.3 Å². The van der Waals surface area contributed by atoms with Crippen molar-refractivity contribution in [3.8, 4) is 0 Å². The van der Waals surface area contributed by atoms with Crippen LogP contribution >= 0.6 is 11.6 Å². The molecule has 0 radical (unpaired) electrons. The van der Waals surface area contributed by atoms with E-state index in [1.807, 2.05) is 0 Å². The van der Waals surface area contributed by atoms with Crippen LogP contribution in [0.3, 0.4) is 0 Å². The summed E-state index contributed by atoms with van der Waals surface area (Å²) < 4.78 is 25.3. The predicted molar refractivity (Wildman–Crippen MR) is 55.0 cm³/mol. The lowest BCUT2D eigenvalue weighted by molar-refractivity contribution is -0.118. The number of carbonyl (C=O) groups excluding carboxylic acids is 1. The average Bonchev–Trinajstić information content (AvgIpc) is 2.20. The van der Waals surface area contributed by atoms with Crippen LogP contribution in [0.5, 0.6) is 0 Å². The van der Waals surface area contributed by atoms with Crippen molar-refractivity contribution in [3.63, 3.8) is 0 Å². The molecule has 0 spiro atoms. The molecule has 0 aliphatic heterocycles. The average molecular weight is 233 g/mol. The van der Waals surface area contributed by atoms with Gasteiger partial charge in [0.1, 0.15) is 5.78 Å². The lowest BCUT2D eigenvalue weighted by atomic mass is 10.1. The first-order chi connectivity index (χ1) is 7.13. The molecule has 0 saturated heterocycles. The largest absolute Gasteiger partial charge is 0.299 e. The Hall–Kier alpha value is -0.960. The van der Waals surface area contributed by atoms with Gasteiger partial charge in [-0.05, 0) is 24.1 Å². The molecule has 1 aromatic rings. The van der Waals surface area contributed by atoms with Crippen LogP contribution in [-0.2, 0) is 11.2 Å². The van der Waals surface area contributed by atoms with E-state index in [1.165, 1.54) is 6.07 Å². The number of Topliss-reactive ketones (excluding diaryl/α,β-unsaturated/α-hetero) is 1. The van der Waals surface area contributed by atoms with Crippen LogP contribution in [-0.4, -0.2) is 11.7 Å². The molecule has 0 bridgehead atoms. The molecular weight excluding hydrogens is 222 g/mol. The fourth-order valence-corrected chi connectivity index (χ4v) is 1.36. The number of hydrogen-bond acceptors (Lipinski definition) is 1. The smallest absolute Gasteiger partial charge is 0.159 e. The predicted octanol–water partition coefficient (Wildman–Crippen LogP) is 3.10. The molecule has 15 heavy (non-hydrogen) atoms. The molecule has 0 heterocycles. The summed E-state index contributed by atoms with van der Waals surface area (Å²) in [6, 6.07) is 3.49. The molecule has 1 aromatic carbocycles. The lowest BCUT2D eigenvalue weighted by Gasteiger charge is -2.01. The number of halogens is 3. The highest BCUT2D eigenvalue weighted by Gasteiger charge is 2.06. The van der Waals surface area contributed by atoms with Gasteiger partial charge in [-0.1, -0.05) is 6.07 Å². The van der Waals surface area contributed by atoms with Crippen molar-refractivity contribution in [1.29, 1.82) is 0 Å². The Bertz CT molecular complexity index is 352. The first kappa shape index (κ1) is 12.1. The van der Waals surface area contributed by atoms with Crippen molar-refractivity contribution in [3.05, 3.63) is 35.4 Å². The normalized spacial score (nSPS) is 10.3. The van der Waals surface area contributed by atoms with Gasteiger partial charge >= 0.3 is 0 Å². The molecular formula is C11H11ClF2O. The molecule has 0 fully saturated rings. The number of carbonyl (C=O) groups is 1. The molecule has 1 rings (SSSR count). The van der Waals surface area contributed by atoms with E-state index in [9.17, 15) is 13.6 Å². The third kappa shape index (κ3) is 3.96. The minimum atomic E-state index is -0.919. The van der Waals surface area contributed by atoms with Gasteiger partial charge in [0.25, 0.3) is 0 Å². The summed E-state index contributed by atoms with van der Waals surface area (Å²) in [4.78, 5) is 11.3. The number of rotatable bonds is 5. The molecule has 0 unspecified atom stereocenters. The summed E-state index contributed by atoms with van der Waals surface area (Å²) in [5, 5.41) is 0. The Morgan fingerprint density at radius 1 is 1.27 bits per heavy atom. The molecule has 4 heteroatoms. The maximum absolute atomic E-state index is 12.8. The van der Waals surface area contributed by atoms with Crippen LogP contribution in [0.15, 0.2) is 18.2 Å². The fraction of sp³-hybridized carbons (Fsp3) is 0.364.